The number of hydrogen-bond acceptors (Lipinski definition) is 3. The molecule has 0 amide bonds. The Labute approximate surface area is 134 Å². The van der Waals surface area contributed by atoms with E-state index in [0.717, 1.165) is 38.5 Å². The van der Waals surface area contributed by atoms with Gasteiger partial charge in [-0.1, -0.05) is 27.2 Å². The van der Waals surface area contributed by atoms with Gasteiger partial charge in [0.25, 0.3) is 0 Å². The van der Waals surface area contributed by atoms with Crippen LogP contribution in [-0.4, -0.2) is 36.8 Å². The average molecular weight is 327 g/mol. The van der Waals surface area contributed by atoms with E-state index in [4.69, 9.17) is 0 Å². The van der Waals surface area contributed by atoms with Crippen molar-refractivity contribution in [3.05, 3.63) is 0 Å². The summed E-state index contributed by atoms with van der Waals surface area (Å²) in [6, 6.07) is 0.131. The number of fused-ring (bicyclic) bond motifs is 2. The second kappa shape index (κ2) is 5.30. The quantitative estimate of drug-likeness (QED) is 0.797. The van der Waals surface area contributed by atoms with E-state index in [-0.39, 0.29) is 23.0 Å². The normalized spacial score (nSPS) is 38.6. The van der Waals surface area contributed by atoms with E-state index >= 15 is 0 Å². The molecule has 1 saturated heterocycles. The fourth-order valence-corrected chi connectivity index (χ4v) is 7.83. The molecule has 1 aliphatic heterocycles. The van der Waals surface area contributed by atoms with Crippen LogP contribution in [0.3, 0.4) is 0 Å². The van der Waals surface area contributed by atoms with E-state index in [9.17, 15) is 13.2 Å². The third kappa shape index (κ3) is 2.19. The number of hydrogen-bond donors (Lipinski definition) is 0. The zero-order chi connectivity index (χ0) is 16.2. The van der Waals surface area contributed by atoms with Crippen LogP contribution in [0.15, 0.2) is 0 Å². The summed E-state index contributed by atoms with van der Waals surface area (Å²) in [6.07, 6.45) is 6.23. The lowest BCUT2D eigenvalue weighted by molar-refractivity contribution is -0.128. The number of rotatable bonds is 4. The molecule has 22 heavy (non-hydrogen) atoms. The number of nitrogens with zero attached hydrogens (tertiary/aromatic N) is 1. The van der Waals surface area contributed by atoms with E-state index in [1.807, 2.05) is 0 Å². The van der Waals surface area contributed by atoms with Crippen LogP contribution >= 0.6 is 0 Å². The van der Waals surface area contributed by atoms with Crippen LogP contribution in [0, 0.1) is 16.7 Å². The van der Waals surface area contributed by atoms with Crippen molar-refractivity contribution in [3.8, 4) is 0 Å². The summed E-state index contributed by atoms with van der Waals surface area (Å²) in [5, 5.41) is 0. The Morgan fingerprint density at radius 3 is 2.50 bits per heavy atom. The summed E-state index contributed by atoms with van der Waals surface area (Å²) >= 11 is 0. The molecule has 126 valence electrons. The first-order valence-corrected chi connectivity index (χ1v) is 10.4. The van der Waals surface area contributed by atoms with Crippen LogP contribution in [0.2, 0.25) is 0 Å². The lowest BCUT2D eigenvalue weighted by atomic mass is 9.70. The van der Waals surface area contributed by atoms with Crippen molar-refractivity contribution >= 4 is 15.8 Å². The molecule has 2 bridgehead atoms. The number of piperidine rings is 1. The molecule has 0 N–H and O–H groups in total. The third-order valence-electron chi connectivity index (χ3n) is 6.97. The first kappa shape index (κ1) is 16.4. The maximum absolute atomic E-state index is 13.1. The standard InChI is InChI=1S/C17H29NO3S/c1-4-14-7-5-6-10-18(14)22(20,21)12-17-9-8-13(11-15(17)19)16(17,2)3/h13-14H,4-12H2,1-3H3/t13-,14-,17+/m0/s1. The first-order chi connectivity index (χ1) is 10.2. The molecule has 2 aliphatic carbocycles. The van der Waals surface area contributed by atoms with Gasteiger partial charge in [0.05, 0.1) is 5.75 Å². The lowest BCUT2D eigenvalue weighted by Gasteiger charge is -2.40. The van der Waals surface area contributed by atoms with E-state index < -0.39 is 15.4 Å². The van der Waals surface area contributed by atoms with Crippen molar-refractivity contribution in [2.75, 3.05) is 12.3 Å². The van der Waals surface area contributed by atoms with Gasteiger partial charge in [0.1, 0.15) is 5.78 Å². The Morgan fingerprint density at radius 2 is 1.95 bits per heavy atom. The Kier molecular flexibility index (Phi) is 3.96. The van der Waals surface area contributed by atoms with Gasteiger partial charge in [-0.2, -0.15) is 4.31 Å². The van der Waals surface area contributed by atoms with Crippen LogP contribution in [0.1, 0.15) is 65.7 Å². The van der Waals surface area contributed by atoms with Crippen LogP contribution in [0.5, 0.6) is 0 Å². The SMILES string of the molecule is CC[C@H]1CCCCN1S(=O)(=O)C[C@]12CC[C@@H](CC1=O)C2(C)C. The highest BCUT2D eigenvalue weighted by atomic mass is 32.2. The van der Waals surface area contributed by atoms with Crippen molar-refractivity contribution in [3.63, 3.8) is 0 Å². The minimum atomic E-state index is -3.36. The molecular weight excluding hydrogens is 298 g/mol. The van der Waals surface area contributed by atoms with Crippen molar-refractivity contribution in [1.29, 1.82) is 0 Å². The number of carbonyl (C=O) groups is 1. The maximum Gasteiger partial charge on any atom is 0.215 e. The van der Waals surface area contributed by atoms with Gasteiger partial charge in [0.2, 0.25) is 10.0 Å². The molecule has 0 radical (unpaired) electrons. The summed E-state index contributed by atoms with van der Waals surface area (Å²) in [5.74, 6) is 0.611. The third-order valence-corrected chi connectivity index (χ3v) is 9.02. The minimum absolute atomic E-state index is 0.0405. The van der Waals surface area contributed by atoms with Crippen LogP contribution in [0.4, 0.5) is 0 Å². The van der Waals surface area contributed by atoms with Gasteiger partial charge in [0.15, 0.2) is 0 Å². The van der Waals surface area contributed by atoms with Gasteiger partial charge >= 0.3 is 0 Å². The fourth-order valence-electron chi connectivity index (χ4n) is 5.25. The zero-order valence-electron chi connectivity index (χ0n) is 14.1. The molecule has 0 aromatic rings. The van der Waals surface area contributed by atoms with Crippen molar-refractivity contribution in [2.45, 2.75) is 71.8 Å². The largest absolute Gasteiger partial charge is 0.299 e. The Morgan fingerprint density at radius 1 is 1.23 bits per heavy atom. The predicted octanol–water partition coefficient (Wildman–Crippen LogP) is 2.98. The van der Waals surface area contributed by atoms with Gasteiger partial charge in [-0.25, -0.2) is 8.42 Å². The van der Waals surface area contributed by atoms with Crippen LogP contribution in [0.25, 0.3) is 0 Å². The van der Waals surface area contributed by atoms with Crippen molar-refractivity contribution in [1.82, 2.24) is 4.31 Å². The summed E-state index contributed by atoms with van der Waals surface area (Å²) in [7, 11) is -3.36. The Balaban J connectivity index is 1.89. The summed E-state index contributed by atoms with van der Waals surface area (Å²) in [6.45, 7) is 6.92. The van der Waals surface area contributed by atoms with E-state index in [1.165, 1.54) is 0 Å². The van der Waals surface area contributed by atoms with E-state index in [2.05, 4.69) is 20.8 Å². The second-order valence-electron chi connectivity index (χ2n) is 8.09. The predicted molar refractivity (Wildman–Crippen MR) is 87.0 cm³/mol. The number of carbonyl (C=O) groups excluding carboxylic acids is 1. The molecule has 4 nitrogen and oxygen atoms in total. The van der Waals surface area contributed by atoms with E-state index in [1.54, 1.807) is 4.31 Å². The highest BCUT2D eigenvalue weighted by Crippen LogP contribution is 2.64. The van der Waals surface area contributed by atoms with E-state index in [0.29, 0.717) is 18.9 Å². The van der Waals surface area contributed by atoms with Gasteiger partial charge in [0, 0.05) is 24.4 Å². The average Bonchev–Trinajstić information content (AvgIpc) is 2.81. The maximum atomic E-state index is 13.1. The highest BCUT2D eigenvalue weighted by Gasteiger charge is 2.65. The second-order valence-corrected chi connectivity index (χ2v) is 10.0. The summed E-state index contributed by atoms with van der Waals surface area (Å²) < 4.78 is 27.9. The molecule has 2 saturated carbocycles. The molecule has 0 spiro atoms. The van der Waals surface area contributed by atoms with Gasteiger partial charge in [-0.15, -0.1) is 0 Å². The minimum Gasteiger partial charge on any atom is -0.299 e. The Hall–Kier alpha value is -0.420. The monoisotopic (exact) mass is 327 g/mol. The molecule has 3 rings (SSSR count). The number of sulfonamides is 1. The molecule has 1 heterocycles. The molecule has 0 unspecified atom stereocenters. The van der Waals surface area contributed by atoms with Crippen molar-refractivity contribution in [2.24, 2.45) is 16.7 Å². The van der Waals surface area contributed by atoms with Gasteiger partial charge < -0.3 is 0 Å². The summed E-state index contributed by atoms with van der Waals surface area (Å²) in [5.41, 5.74) is -0.805. The topological polar surface area (TPSA) is 54.5 Å². The lowest BCUT2D eigenvalue weighted by Crippen LogP contribution is -2.50. The summed E-state index contributed by atoms with van der Waals surface area (Å²) in [4.78, 5) is 12.6. The molecular formula is C17H29NO3S. The first-order valence-electron chi connectivity index (χ1n) is 8.77. The molecule has 0 aromatic heterocycles. The molecule has 3 fully saturated rings. The fraction of sp³-hybridized carbons (Fsp3) is 0.941. The molecule has 3 atom stereocenters. The van der Waals surface area contributed by atoms with Crippen LogP contribution in [-0.2, 0) is 14.8 Å². The molecule has 5 heteroatoms. The molecule has 3 aliphatic rings. The number of Topliss-reactive ketones (excluding diaryl/α,β-unsaturated/α-hetero) is 1. The highest BCUT2D eigenvalue weighted by molar-refractivity contribution is 7.89. The van der Waals surface area contributed by atoms with Gasteiger partial charge in [-0.05, 0) is 43.4 Å². The molecule has 0 aromatic carbocycles. The van der Waals surface area contributed by atoms with Gasteiger partial charge in [-0.3, -0.25) is 4.79 Å². The van der Waals surface area contributed by atoms with Crippen LogP contribution < -0.4 is 0 Å². The Bertz CT molecular complexity index is 568. The number of ketones is 1. The smallest absolute Gasteiger partial charge is 0.215 e. The zero-order valence-corrected chi connectivity index (χ0v) is 14.9. The van der Waals surface area contributed by atoms with Crippen molar-refractivity contribution < 1.29 is 13.2 Å².